The zero-order chi connectivity index (χ0) is 25.7. The SMILES string of the molecule is CCc1cc2c(=O)n(CC(=O)N3CCCN(C(=O)CC(C)C)c4ccccc4CNCC3)cnc2s1. The number of para-hydroxylation sites is 1. The van der Waals surface area contributed by atoms with Gasteiger partial charge >= 0.3 is 0 Å². The van der Waals surface area contributed by atoms with Gasteiger partial charge in [0.25, 0.3) is 5.56 Å². The monoisotopic (exact) mass is 509 g/mol. The third-order valence-electron chi connectivity index (χ3n) is 6.43. The molecule has 1 aromatic carbocycles. The van der Waals surface area contributed by atoms with Crippen molar-refractivity contribution < 1.29 is 9.59 Å². The molecule has 8 nitrogen and oxygen atoms in total. The average Bonchev–Trinajstić information content (AvgIpc) is 3.27. The van der Waals surface area contributed by atoms with Crippen LogP contribution in [-0.4, -0.2) is 52.4 Å². The molecule has 2 aromatic heterocycles. The van der Waals surface area contributed by atoms with Gasteiger partial charge in [-0.3, -0.25) is 19.0 Å². The van der Waals surface area contributed by atoms with Crippen molar-refractivity contribution in [2.75, 3.05) is 31.1 Å². The number of nitrogens with one attached hydrogen (secondary N) is 1. The lowest BCUT2D eigenvalue weighted by Gasteiger charge is -2.27. The molecule has 0 unspecified atom stereocenters. The van der Waals surface area contributed by atoms with Crippen LogP contribution in [0.4, 0.5) is 5.69 Å². The molecule has 0 radical (unpaired) electrons. The Morgan fingerprint density at radius 3 is 2.72 bits per heavy atom. The molecular weight excluding hydrogens is 474 g/mol. The van der Waals surface area contributed by atoms with Crippen LogP contribution >= 0.6 is 11.3 Å². The first kappa shape index (κ1) is 26.0. The Morgan fingerprint density at radius 2 is 1.94 bits per heavy atom. The summed E-state index contributed by atoms with van der Waals surface area (Å²) in [5, 5.41) is 3.99. The zero-order valence-corrected chi connectivity index (χ0v) is 22.1. The fourth-order valence-electron chi connectivity index (χ4n) is 4.52. The fourth-order valence-corrected chi connectivity index (χ4v) is 5.45. The number of aromatic nitrogens is 2. The normalized spacial score (nSPS) is 15.1. The number of rotatable bonds is 5. The highest BCUT2D eigenvalue weighted by Crippen LogP contribution is 2.24. The zero-order valence-electron chi connectivity index (χ0n) is 21.3. The Balaban J connectivity index is 1.51. The molecule has 0 saturated carbocycles. The highest BCUT2D eigenvalue weighted by Gasteiger charge is 2.22. The minimum atomic E-state index is -0.179. The summed E-state index contributed by atoms with van der Waals surface area (Å²) in [6, 6.07) is 9.88. The maximum atomic E-state index is 13.3. The summed E-state index contributed by atoms with van der Waals surface area (Å²) in [5.74, 6) is 0.241. The second kappa shape index (κ2) is 11.8. The Bertz CT molecular complexity index is 1280. The van der Waals surface area contributed by atoms with Crippen LogP contribution in [0.25, 0.3) is 10.2 Å². The van der Waals surface area contributed by atoms with Crippen molar-refractivity contribution in [2.24, 2.45) is 5.92 Å². The molecule has 1 N–H and O–H groups in total. The molecule has 1 aliphatic heterocycles. The number of carbonyl (C=O) groups is 2. The molecule has 0 spiro atoms. The third kappa shape index (κ3) is 6.02. The second-order valence-electron chi connectivity index (χ2n) is 9.65. The first-order valence-electron chi connectivity index (χ1n) is 12.7. The number of carbonyl (C=O) groups excluding carboxylic acids is 2. The molecule has 0 fully saturated rings. The van der Waals surface area contributed by atoms with E-state index >= 15 is 0 Å². The molecular formula is C27H35N5O3S. The molecule has 9 heteroatoms. The number of hydrogen-bond acceptors (Lipinski definition) is 6. The Morgan fingerprint density at radius 1 is 1.14 bits per heavy atom. The maximum Gasteiger partial charge on any atom is 0.262 e. The van der Waals surface area contributed by atoms with E-state index in [1.807, 2.05) is 56.0 Å². The lowest BCUT2D eigenvalue weighted by Crippen LogP contribution is -2.41. The van der Waals surface area contributed by atoms with Gasteiger partial charge in [0.15, 0.2) is 0 Å². The van der Waals surface area contributed by atoms with Gasteiger partial charge in [-0.25, -0.2) is 4.98 Å². The molecule has 36 heavy (non-hydrogen) atoms. The van der Waals surface area contributed by atoms with Crippen molar-refractivity contribution in [3.05, 3.63) is 57.5 Å². The minimum Gasteiger partial charge on any atom is -0.340 e. The van der Waals surface area contributed by atoms with Crippen LogP contribution in [0.5, 0.6) is 0 Å². The molecule has 3 aromatic rings. The van der Waals surface area contributed by atoms with Crippen LogP contribution in [0.15, 0.2) is 41.5 Å². The van der Waals surface area contributed by atoms with E-state index in [-0.39, 0.29) is 29.8 Å². The van der Waals surface area contributed by atoms with Crippen LogP contribution in [-0.2, 0) is 29.1 Å². The number of anilines is 1. The van der Waals surface area contributed by atoms with Gasteiger partial charge in [0.1, 0.15) is 11.4 Å². The number of fused-ring (bicyclic) bond motifs is 2. The second-order valence-corrected chi connectivity index (χ2v) is 10.8. The van der Waals surface area contributed by atoms with Gasteiger partial charge in [-0.2, -0.15) is 0 Å². The molecule has 3 heterocycles. The number of hydrogen-bond donors (Lipinski definition) is 1. The van der Waals surface area contributed by atoms with Gasteiger partial charge in [-0.15, -0.1) is 11.3 Å². The molecule has 0 atom stereocenters. The van der Waals surface area contributed by atoms with E-state index in [1.54, 1.807) is 4.90 Å². The van der Waals surface area contributed by atoms with Crippen LogP contribution in [0.1, 0.15) is 44.1 Å². The lowest BCUT2D eigenvalue weighted by atomic mass is 10.1. The average molecular weight is 510 g/mol. The van der Waals surface area contributed by atoms with Crippen LogP contribution in [0.3, 0.4) is 0 Å². The van der Waals surface area contributed by atoms with Crippen molar-refractivity contribution in [3.63, 3.8) is 0 Å². The smallest absolute Gasteiger partial charge is 0.262 e. The molecule has 0 aliphatic carbocycles. The summed E-state index contributed by atoms with van der Waals surface area (Å²) in [4.78, 5) is 49.3. The highest BCUT2D eigenvalue weighted by atomic mass is 32.1. The minimum absolute atomic E-state index is 0.0463. The van der Waals surface area contributed by atoms with Crippen molar-refractivity contribution in [1.82, 2.24) is 19.8 Å². The summed E-state index contributed by atoms with van der Waals surface area (Å²) >= 11 is 1.52. The number of amides is 2. The summed E-state index contributed by atoms with van der Waals surface area (Å²) in [6.07, 6.45) is 3.46. The van der Waals surface area contributed by atoms with E-state index in [4.69, 9.17) is 0 Å². The molecule has 1 aliphatic rings. The molecule has 2 amide bonds. The molecule has 0 saturated heterocycles. The first-order chi connectivity index (χ1) is 17.4. The predicted octanol–water partition coefficient (Wildman–Crippen LogP) is 3.42. The van der Waals surface area contributed by atoms with Gasteiger partial charge in [-0.05, 0) is 36.5 Å². The van der Waals surface area contributed by atoms with Gasteiger partial charge in [0.2, 0.25) is 11.8 Å². The largest absolute Gasteiger partial charge is 0.340 e. The number of nitrogens with zero attached hydrogens (tertiary/aromatic N) is 4. The Hall–Kier alpha value is -3.04. The van der Waals surface area contributed by atoms with E-state index in [9.17, 15) is 14.4 Å². The standard InChI is InChI=1S/C27H35N5O3S/c1-4-21-15-22-26(36-21)29-18-31(27(22)35)17-25(34)30-11-7-12-32(24(33)14-19(2)3)23-9-6-5-8-20(23)16-28-10-13-30/h5-6,8-9,15,18-19,28H,4,7,10-14,16-17H2,1-3H3. The van der Waals surface area contributed by atoms with E-state index < -0.39 is 0 Å². The number of benzene rings is 1. The maximum absolute atomic E-state index is 13.3. The van der Waals surface area contributed by atoms with E-state index in [1.165, 1.54) is 22.2 Å². The number of thiophene rings is 1. The molecule has 192 valence electrons. The van der Waals surface area contributed by atoms with Crippen molar-refractivity contribution >= 4 is 39.1 Å². The Labute approximate surface area is 215 Å². The van der Waals surface area contributed by atoms with Crippen molar-refractivity contribution in [2.45, 2.75) is 53.1 Å². The van der Waals surface area contributed by atoms with Crippen LogP contribution < -0.4 is 15.8 Å². The van der Waals surface area contributed by atoms with Crippen LogP contribution in [0.2, 0.25) is 0 Å². The third-order valence-corrected chi connectivity index (χ3v) is 7.61. The Kier molecular flexibility index (Phi) is 8.53. The number of aryl methyl sites for hydroxylation is 1. The van der Waals surface area contributed by atoms with Gasteiger partial charge in [0, 0.05) is 49.7 Å². The van der Waals surface area contributed by atoms with Gasteiger partial charge < -0.3 is 15.1 Å². The van der Waals surface area contributed by atoms with E-state index in [2.05, 4.69) is 10.3 Å². The summed E-state index contributed by atoms with van der Waals surface area (Å²) in [7, 11) is 0. The van der Waals surface area contributed by atoms with E-state index in [0.717, 1.165) is 22.5 Å². The summed E-state index contributed by atoms with van der Waals surface area (Å²) in [6.45, 7) is 8.91. The summed E-state index contributed by atoms with van der Waals surface area (Å²) < 4.78 is 1.41. The fraction of sp³-hybridized carbons (Fsp3) is 0.481. The first-order valence-corrected chi connectivity index (χ1v) is 13.5. The van der Waals surface area contributed by atoms with Crippen molar-refractivity contribution in [3.8, 4) is 0 Å². The van der Waals surface area contributed by atoms with E-state index in [0.29, 0.717) is 55.8 Å². The lowest BCUT2D eigenvalue weighted by molar-refractivity contribution is -0.131. The topological polar surface area (TPSA) is 87.5 Å². The quantitative estimate of drug-likeness (QED) is 0.570. The predicted molar refractivity (Wildman–Crippen MR) is 144 cm³/mol. The molecule has 4 rings (SSSR count). The van der Waals surface area contributed by atoms with Crippen LogP contribution in [0, 0.1) is 5.92 Å². The highest BCUT2D eigenvalue weighted by molar-refractivity contribution is 7.18. The van der Waals surface area contributed by atoms with Gasteiger partial charge in [0.05, 0.1) is 11.7 Å². The van der Waals surface area contributed by atoms with Gasteiger partial charge in [-0.1, -0.05) is 39.0 Å². The molecule has 0 bridgehead atoms. The summed E-state index contributed by atoms with van der Waals surface area (Å²) in [5.41, 5.74) is 1.83. The van der Waals surface area contributed by atoms with Crippen molar-refractivity contribution in [1.29, 1.82) is 0 Å².